The Morgan fingerprint density at radius 2 is 2.25 bits per heavy atom. The summed E-state index contributed by atoms with van der Waals surface area (Å²) >= 11 is 0. The number of hydrogen-bond donors (Lipinski definition) is 2. The van der Waals surface area contributed by atoms with E-state index in [9.17, 15) is 9.59 Å². The lowest BCUT2D eigenvalue weighted by molar-refractivity contribution is -0.120. The van der Waals surface area contributed by atoms with Crippen LogP contribution in [0.5, 0.6) is 0 Å². The van der Waals surface area contributed by atoms with Crippen molar-refractivity contribution < 1.29 is 14.7 Å². The quantitative estimate of drug-likeness (QED) is 0.864. The molecule has 0 aromatic carbocycles. The summed E-state index contributed by atoms with van der Waals surface area (Å²) in [5.74, 6) is 0.0152. The van der Waals surface area contributed by atoms with Crippen LogP contribution in [0.15, 0.2) is 30.5 Å². The lowest BCUT2D eigenvalue weighted by Gasteiger charge is -2.32. The molecule has 2 aromatic heterocycles. The average molecular weight is 329 g/mol. The lowest BCUT2D eigenvalue weighted by Crippen LogP contribution is -2.48. The Labute approximate surface area is 139 Å². The van der Waals surface area contributed by atoms with Crippen LogP contribution in [0, 0.1) is 0 Å². The molecule has 2 aromatic rings. The first-order valence-electron chi connectivity index (χ1n) is 7.90. The number of carboxylic acids is 1. The molecule has 24 heavy (non-hydrogen) atoms. The topological polar surface area (TPSA) is 100 Å². The fourth-order valence-corrected chi connectivity index (χ4v) is 2.85. The van der Waals surface area contributed by atoms with Gasteiger partial charge in [0.15, 0.2) is 5.69 Å². The number of carbonyl (C=O) groups excluding carboxylic acids is 1. The van der Waals surface area contributed by atoms with Crippen LogP contribution < -0.4 is 10.2 Å². The Kier molecular flexibility index (Phi) is 4.45. The minimum atomic E-state index is -1.10. The van der Waals surface area contributed by atoms with Gasteiger partial charge in [-0.05, 0) is 31.9 Å². The minimum Gasteiger partial charge on any atom is -0.477 e. The molecule has 1 aliphatic heterocycles. The molecule has 1 unspecified atom stereocenters. The van der Waals surface area contributed by atoms with Crippen LogP contribution >= 0.6 is 0 Å². The molecule has 1 fully saturated rings. The van der Waals surface area contributed by atoms with Crippen LogP contribution in [0.4, 0.5) is 11.6 Å². The minimum absolute atomic E-state index is 0.0517. The molecule has 1 aliphatic rings. The number of hydrogen-bond acceptors (Lipinski definition) is 5. The third-order valence-corrected chi connectivity index (χ3v) is 4.00. The number of rotatable bonds is 5. The van der Waals surface area contributed by atoms with E-state index in [1.807, 2.05) is 13.0 Å². The molecular formula is C16H19N5O3. The van der Waals surface area contributed by atoms with Crippen molar-refractivity contribution in [2.75, 3.05) is 16.8 Å². The van der Waals surface area contributed by atoms with E-state index >= 15 is 0 Å². The van der Waals surface area contributed by atoms with Crippen molar-refractivity contribution in [2.45, 2.75) is 32.4 Å². The second-order valence-corrected chi connectivity index (χ2v) is 5.55. The first-order valence-corrected chi connectivity index (χ1v) is 7.90. The van der Waals surface area contributed by atoms with Crippen LogP contribution in [0.3, 0.4) is 0 Å². The van der Waals surface area contributed by atoms with Crippen molar-refractivity contribution in [3.05, 3.63) is 36.2 Å². The van der Waals surface area contributed by atoms with E-state index in [4.69, 9.17) is 5.11 Å². The van der Waals surface area contributed by atoms with E-state index < -0.39 is 12.0 Å². The zero-order valence-corrected chi connectivity index (χ0v) is 13.3. The highest BCUT2D eigenvalue weighted by Crippen LogP contribution is 2.22. The molecule has 8 nitrogen and oxygen atoms in total. The van der Waals surface area contributed by atoms with E-state index in [0.29, 0.717) is 25.3 Å². The SMILES string of the molecule is CCn1nccc1N1CCCC(Nc2cccc(C(=O)O)n2)C1=O. The predicted octanol–water partition coefficient (Wildman–Crippen LogP) is 1.60. The number of aromatic nitrogens is 3. The van der Waals surface area contributed by atoms with Crippen LogP contribution in [0.2, 0.25) is 0 Å². The molecule has 0 saturated carbocycles. The Balaban J connectivity index is 1.78. The number of carboxylic acid groups (broad SMARTS) is 1. The van der Waals surface area contributed by atoms with Crippen LogP contribution in [-0.4, -0.2) is 44.3 Å². The van der Waals surface area contributed by atoms with Crippen molar-refractivity contribution in [1.29, 1.82) is 0 Å². The standard InChI is InChI=1S/C16H19N5O3/c1-2-21-14(8-9-17-21)20-10-4-6-11(15(20)22)18-13-7-3-5-12(19-13)16(23)24/h3,5,7-9,11H,2,4,6,10H2,1H3,(H,18,19)(H,23,24). The molecule has 0 aliphatic carbocycles. The predicted molar refractivity (Wildman–Crippen MR) is 88.1 cm³/mol. The molecule has 0 radical (unpaired) electrons. The number of pyridine rings is 1. The molecule has 1 atom stereocenters. The first-order chi connectivity index (χ1) is 11.6. The van der Waals surface area contributed by atoms with Gasteiger partial charge in [0.2, 0.25) is 0 Å². The molecule has 1 saturated heterocycles. The van der Waals surface area contributed by atoms with E-state index in [1.165, 1.54) is 6.07 Å². The van der Waals surface area contributed by atoms with Gasteiger partial charge < -0.3 is 10.4 Å². The van der Waals surface area contributed by atoms with Gasteiger partial charge in [-0.2, -0.15) is 5.10 Å². The smallest absolute Gasteiger partial charge is 0.354 e. The maximum atomic E-state index is 12.8. The normalized spacial score (nSPS) is 17.8. The van der Waals surface area contributed by atoms with Gasteiger partial charge in [-0.1, -0.05) is 6.07 Å². The molecule has 2 N–H and O–H groups in total. The zero-order chi connectivity index (χ0) is 17.1. The van der Waals surface area contributed by atoms with Gasteiger partial charge in [0, 0.05) is 19.2 Å². The van der Waals surface area contributed by atoms with E-state index in [-0.39, 0.29) is 11.6 Å². The summed E-state index contributed by atoms with van der Waals surface area (Å²) in [6.07, 6.45) is 3.20. The molecule has 126 valence electrons. The Bertz CT molecular complexity index is 758. The van der Waals surface area contributed by atoms with Crippen LogP contribution in [0.1, 0.15) is 30.3 Å². The number of carbonyl (C=O) groups is 2. The third-order valence-electron chi connectivity index (χ3n) is 4.00. The van der Waals surface area contributed by atoms with Gasteiger partial charge in [-0.3, -0.25) is 9.69 Å². The van der Waals surface area contributed by atoms with E-state index in [1.54, 1.807) is 27.9 Å². The maximum Gasteiger partial charge on any atom is 0.354 e. The van der Waals surface area contributed by atoms with E-state index in [0.717, 1.165) is 12.2 Å². The molecule has 0 spiro atoms. The summed E-state index contributed by atoms with van der Waals surface area (Å²) in [5, 5.41) is 16.3. The van der Waals surface area contributed by atoms with Crippen molar-refractivity contribution in [1.82, 2.24) is 14.8 Å². The van der Waals surface area contributed by atoms with Crippen LogP contribution in [0.25, 0.3) is 0 Å². The molecule has 0 bridgehead atoms. The largest absolute Gasteiger partial charge is 0.477 e. The van der Waals surface area contributed by atoms with Gasteiger partial charge in [-0.15, -0.1) is 0 Å². The maximum absolute atomic E-state index is 12.8. The molecule has 1 amide bonds. The molecule has 3 heterocycles. The van der Waals surface area contributed by atoms with Gasteiger partial charge >= 0.3 is 5.97 Å². The fourth-order valence-electron chi connectivity index (χ4n) is 2.85. The summed E-state index contributed by atoms with van der Waals surface area (Å²) in [4.78, 5) is 29.6. The van der Waals surface area contributed by atoms with Crippen molar-refractivity contribution in [3.63, 3.8) is 0 Å². The summed E-state index contributed by atoms with van der Waals surface area (Å²) in [6.45, 7) is 3.31. The van der Waals surface area contributed by atoms with Crippen molar-refractivity contribution >= 4 is 23.5 Å². The Morgan fingerprint density at radius 3 is 3.00 bits per heavy atom. The van der Waals surface area contributed by atoms with Gasteiger partial charge in [-0.25, -0.2) is 14.5 Å². The number of anilines is 2. The molecule has 3 rings (SSSR count). The second-order valence-electron chi connectivity index (χ2n) is 5.55. The third kappa shape index (κ3) is 3.08. The van der Waals surface area contributed by atoms with Gasteiger partial charge in [0.1, 0.15) is 17.7 Å². The summed E-state index contributed by atoms with van der Waals surface area (Å²) in [7, 11) is 0. The summed E-state index contributed by atoms with van der Waals surface area (Å²) < 4.78 is 1.78. The lowest BCUT2D eigenvalue weighted by atomic mass is 10.0. The highest BCUT2D eigenvalue weighted by molar-refractivity contribution is 5.98. The van der Waals surface area contributed by atoms with Crippen molar-refractivity contribution in [3.8, 4) is 0 Å². The zero-order valence-electron chi connectivity index (χ0n) is 13.3. The molecular weight excluding hydrogens is 310 g/mol. The number of nitrogens with one attached hydrogen (secondary N) is 1. The van der Waals surface area contributed by atoms with Crippen molar-refractivity contribution in [2.24, 2.45) is 0 Å². The highest BCUT2D eigenvalue weighted by atomic mass is 16.4. The summed E-state index contributed by atoms with van der Waals surface area (Å²) in [6, 6.07) is 6.08. The van der Waals surface area contributed by atoms with Crippen LogP contribution in [-0.2, 0) is 11.3 Å². The Hall–Kier alpha value is -2.90. The number of aryl methyl sites for hydroxylation is 1. The van der Waals surface area contributed by atoms with Gasteiger partial charge in [0.25, 0.3) is 5.91 Å². The molecule has 8 heteroatoms. The number of nitrogens with zero attached hydrogens (tertiary/aromatic N) is 4. The van der Waals surface area contributed by atoms with Gasteiger partial charge in [0.05, 0.1) is 6.20 Å². The average Bonchev–Trinajstić information content (AvgIpc) is 3.05. The van der Waals surface area contributed by atoms with E-state index in [2.05, 4.69) is 15.4 Å². The first kappa shape index (κ1) is 16.0. The fraction of sp³-hybridized carbons (Fsp3) is 0.375. The monoisotopic (exact) mass is 329 g/mol. The number of amides is 1. The summed E-state index contributed by atoms with van der Waals surface area (Å²) in [5.41, 5.74) is -0.0517. The number of piperidine rings is 1. The number of aromatic carboxylic acids is 1. The Morgan fingerprint density at radius 1 is 1.42 bits per heavy atom. The highest BCUT2D eigenvalue weighted by Gasteiger charge is 2.31. The second kappa shape index (κ2) is 6.69.